The molecule has 0 saturated carbocycles. The van der Waals surface area contributed by atoms with Gasteiger partial charge in [0.2, 0.25) is 0 Å². The zero-order chi connectivity index (χ0) is 23.8. The van der Waals surface area contributed by atoms with E-state index >= 15 is 0 Å². The lowest BCUT2D eigenvalue weighted by atomic mass is 10.00. The van der Waals surface area contributed by atoms with Crippen LogP contribution in [-0.4, -0.2) is 12.5 Å². The Kier molecular flexibility index (Phi) is 8.27. The molecule has 0 fully saturated rings. The van der Waals surface area contributed by atoms with Crippen LogP contribution in [-0.2, 0) is 17.3 Å². The summed E-state index contributed by atoms with van der Waals surface area (Å²) < 4.78 is 0. The maximum atomic E-state index is 3.70. The highest BCUT2D eigenvalue weighted by molar-refractivity contribution is 7.95. The molecule has 1 N–H and O–H groups in total. The van der Waals surface area contributed by atoms with E-state index in [1.807, 2.05) is 6.07 Å². The van der Waals surface area contributed by atoms with Gasteiger partial charge in [0.1, 0.15) is 12.5 Å². The fourth-order valence-electron chi connectivity index (χ4n) is 4.08. The van der Waals surface area contributed by atoms with Gasteiger partial charge in [-0.15, -0.1) is 0 Å². The molecule has 0 heterocycles. The molecule has 0 radical (unpaired) electrons. The summed E-state index contributed by atoms with van der Waals surface area (Å²) >= 11 is 0. The van der Waals surface area contributed by atoms with Gasteiger partial charge in [0.25, 0.3) is 0 Å². The third-order valence-corrected chi connectivity index (χ3v) is 7.21. The topological polar surface area (TPSA) is 12.0 Å². The van der Waals surface area contributed by atoms with Gasteiger partial charge in [-0.2, -0.15) is 0 Å². The molecule has 0 unspecified atom stereocenters. The highest BCUT2D eigenvalue weighted by Crippen LogP contribution is 2.36. The molecule has 0 aliphatic carbocycles. The van der Waals surface area contributed by atoms with Crippen LogP contribution in [0, 0.1) is 0 Å². The molecular weight excluding hydrogens is 430 g/mol. The van der Waals surface area contributed by atoms with Crippen molar-refractivity contribution in [2.24, 2.45) is 0 Å². The van der Waals surface area contributed by atoms with Crippen molar-refractivity contribution in [1.82, 2.24) is 0 Å². The van der Waals surface area contributed by atoms with Gasteiger partial charge in [0.15, 0.2) is 4.90 Å². The van der Waals surface area contributed by atoms with Crippen LogP contribution < -0.4 is 5.32 Å². The van der Waals surface area contributed by atoms with Gasteiger partial charge in [-0.1, -0.05) is 98.3 Å². The van der Waals surface area contributed by atoms with E-state index in [-0.39, 0.29) is 10.9 Å². The van der Waals surface area contributed by atoms with Crippen LogP contribution in [0.5, 0.6) is 0 Å². The summed E-state index contributed by atoms with van der Waals surface area (Å²) in [5.41, 5.74) is 8.67. The Labute approximate surface area is 207 Å². The number of aryl methyl sites for hydroxylation is 1. The average molecular weight is 465 g/mol. The Balaban J connectivity index is 1.58. The lowest BCUT2D eigenvalue weighted by Gasteiger charge is -2.15. The van der Waals surface area contributed by atoms with E-state index in [0.29, 0.717) is 0 Å². The third-order valence-electron chi connectivity index (χ3n) is 5.99. The minimum absolute atomic E-state index is 0.157. The first-order valence-electron chi connectivity index (χ1n) is 12.0. The second-order valence-electron chi connectivity index (χ2n) is 8.79. The molecule has 4 aromatic rings. The molecule has 4 rings (SSSR count). The summed E-state index contributed by atoms with van der Waals surface area (Å²) in [6, 6.07) is 34.9. The summed E-state index contributed by atoms with van der Waals surface area (Å²) in [5.74, 6) is 0. The molecule has 0 bridgehead atoms. The van der Waals surface area contributed by atoms with Crippen molar-refractivity contribution >= 4 is 34.4 Å². The lowest BCUT2D eigenvalue weighted by Crippen LogP contribution is -2.02. The average Bonchev–Trinajstić information content (AvgIpc) is 2.88. The summed E-state index contributed by atoms with van der Waals surface area (Å²) in [6.45, 7) is 2.25. The number of anilines is 2. The van der Waals surface area contributed by atoms with Gasteiger partial charge in [-0.05, 0) is 59.4 Å². The molecule has 34 heavy (non-hydrogen) atoms. The smallest absolute Gasteiger partial charge is 0.164 e. The molecule has 2 heteroatoms. The Morgan fingerprint density at radius 3 is 2.03 bits per heavy atom. The fourth-order valence-corrected chi connectivity index (χ4v) is 5.07. The van der Waals surface area contributed by atoms with Crippen LogP contribution in [0.3, 0.4) is 0 Å². The molecule has 0 aromatic heterocycles. The number of rotatable bonds is 9. The van der Waals surface area contributed by atoms with E-state index in [4.69, 9.17) is 0 Å². The van der Waals surface area contributed by atoms with E-state index in [1.165, 1.54) is 45.6 Å². The van der Waals surface area contributed by atoms with E-state index < -0.39 is 0 Å². The Morgan fingerprint density at radius 1 is 0.706 bits per heavy atom. The molecule has 0 saturated heterocycles. The van der Waals surface area contributed by atoms with Gasteiger partial charge in [0, 0.05) is 16.6 Å². The lowest BCUT2D eigenvalue weighted by molar-refractivity contribution is 0.795. The number of nitrogens with one attached hydrogen (secondary N) is 1. The van der Waals surface area contributed by atoms with Crippen molar-refractivity contribution in [2.75, 3.05) is 17.8 Å². The fraction of sp³-hybridized carbons (Fsp3) is 0.188. The molecule has 1 nitrogen and oxygen atoms in total. The van der Waals surface area contributed by atoms with Crippen molar-refractivity contribution in [3.8, 4) is 11.1 Å². The van der Waals surface area contributed by atoms with Crippen LogP contribution in [0.1, 0.15) is 36.5 Å². The summed E-state index contributed by atoms with van der Waals surface area (Å²) in [7, 11) is 0.157. The number of benzene rings is 4. The largest absolute Gasteiger partial charge is 0.355 e. The monoisotopic (exact) mass is 464 g/mol. The zero-order valence-electron chi connectivity index (χ0n) is 20.4. The van der Waals surface area contributed by atoms with Gasteiger partial charge in [-0.3, -0.25) is 0 Å². The third kappa shape index (κ3) is 6.21. The maximum absolute atomic E-state index is 3.70. The minimum Gasteiger partial charge on any atom is -0.355 e. The van der Waals surface area contributed by atoms with E-state index in [9.17, 15) is 0 Å². The van der Waals surface area contributed by atoms with Crippen LogP contribution >= 0.6 is 0 Å². The van der Waals surface area contributed by atoms with Crippen molar-refractivity contribution in [3.63, 3.8) is 0 Å². The Hall–Kier alpha value is -3.23. The SMILES string of the molecule is CCCCc1ccc(-c2c(Nc3ccc(C=Cc4ccccc4)cc3)cccc2[S+](C)C)cc1. The number of hydrogen-bond donors (Lipinski definition) is 1. The van der Waals surface area contributed by atoms with Crippen molar-refractivity contribution in [1.29, 1.82) is 0 Å². The summed E-state index contributed by atoms with van der Waals surface area (Å²) in [6.07, 6.45) is 12.5. The molecule has 0 spiro atoms. The molecular formula is C32H34NS+. The second kappa shape index (κ2) is 11.8. The Bertz CT molecular complexity index is 1210. The molecule has 0 aliphatic rings. The standard InChI is InChI=1S/C32H34NS/c1-4-5-10-26-17-21-28(22-18-26)32-30(13-9-14-31(32)34(2)3)33-29-23-19-27(20-24-29)16-15-25-11-7-6-8-12-25/h6-9,11-24,33H,4-5,10H2,1-3H3/q+1. The van der Waals surface area contributed by atoms with Crippen LogP contribution in [0.4, 0.5) is 11.4 Å². The van der Waals surface area contributed by atoms with Gasteiger partial charge >= 0.3 is 0 Å². The predicted molar refractivity (Wildman–Crippen MR) is 153 cm³/mol. The summed E-state index contributed by atoms with van der Waals surface area (Å²) in [5, 5.41) is 3.70. The zero-order valence-corrected chi connectivity index (χ0v) is 21.2. The molecule has 4 aromatic carbocycles. The quantitative estimate of drug-likeness (QED) is 0.193. The highest BCUT2D eigenvalue weighted by atomic mass is 32.2. The van der Waals surface area contributed by atoms with Gasteiger partial charge in [-0.25, -0.2) is 0 Å². The first-order chi connectivity index (χ1) is 16.6. The number of hydrogen-bond acceptors (Lipinski definition) is 1. The minimum atomic E-state index is 0.157. The van der Waals surface area contributed by atoms with Gasteiger partial charge in [0.05, 0.1) is 11.3 Å². The molecule has 172 valence electrons. The summed E-state index contributed by atoms with van der Waals surface area (Å²) in [4.78, 5) is 1.40. The van der Waals surface area contributed by atoms with E-state index in [2.05, 4.69) is 128 Å². The molecule has 0 amide bonds. The first kappa shape index (κ1) is 23.9. The van der Waals surface area contributed by atoms with Gasteiger partial charge < -0.3 is 5.32 Å². The molecule has 0 atom stereocenters. The first-order valence-corrected chi connectivity index (χ1v) is 14.1. The van der Waals surface area contributed by atoms with Crippen molar-refractivity contribution < 1.29 is 0 Å². The van der Waals surface area contributed by atoms with Crippen LogP contribution in [0.25, 0.3) is 23.3 Å². The Morgan fingerprint density at radius 2 is 1.38 bits per heavy atom. The van der Waals surface area contributed by atoms with Crippen molar-refractivity contribution in [3.05, 3.63) is 114 Å². The van der Waals surface area contributed by atoms with Crippen LogP contribution in [0.15, 0.2) is 102 Å². The predicted octanol–water partition coefficient (Wildman–Crippen LogP) is 8.85. The molecule has 0 aliphatic heterocycles. The number of unbranched alkanes of at least 4 members (excludes halogenated alkanes) is 1. The maximum Gasteiger partial charge on any atom is 0.164 e. The highest BCUT2D eigenvalue weighted by Gasteiger charge is 2.20. The normalized spacial score (nSPS) is 11.3. The van der Waals surface area contributed by atoms with Crippen LogP contribution in [0.2, 0.25) is 0 Å². The van der Waals surface area contributed by atoms with Crippen molar-refractivity contribution in [2.45, 2.75) is 31.1 Å². The van der Waals surface area contributed by atoms with E-state index in [1.54, 1.807) is 0 Å². The van der Waals surface area contributed by atoms with E-state index in [0.717, 1.165) is 17.8 Å². The second-order valence-corrected chi connectivity index (χ2v) is 10.9.